The molecule has 0 amide bonds. The molecule has 1 rings (SSSR count). The standard InChI is InChI=1S/C13H23N3S/c1-4-14-11-12-7-5-8-13(15-12)16(2)9-6-10-17-3/h5,7-8,14H,4,6,9-11H2,1-3H3. The highest BCUT2D eigenvalue weighted by Gasteiger charge is 2.02. The predicted octanol–water partition coefficient (Wildman–Crippen LogP) is 2.38. The molecule has 0 unspecified atom stereocenters. The van der Waals surface area contributed by atoms with Crippen LogP contribution in [0.25, 0.3) is 0 Å². The predicted molar refractivity (Wildman–Crippen MR) is 77.9 cm³/mol. The lowest BCUT2D eigenvalue weighted by atomic mass is 10.3. The van der Waals surface area contributed by atoms with Gasteiger partial charge in [0.25, 0.3) is 0 Å². The molecule has 0 fully saturated rings. The van der Waals surface area contributed by atoms with Crippen molar-refractivity contribution in [2.45, 2.75) is 19.9 Å². The van der Waals surface area contributed by atoms with E-state index in [1.807, 2.05) is 11.8 Å². The normalized spacial score (nSPS) is 10.5. The summed E-state index contributed by atoms with van der Waals surface area (Å²) >= 11 is 1.90. The van der Waals surface area contributed by atoms with E-state index < -0.39 is 0 Å². The van der Waals surface area contributed by atoms with Crippen LogP contribution in [0, 0.1) is 0 Å². The van der Waals surface area contributed by atoms with Crippen LogP contribution in [0.4, 0.5) is 5.82 Å². The summed E-state index contributed by atoms with van der Waals surface area (Å²) in [4.78, 5) is 6.87. The first-order chi connectivity index (χ1) is 8.27. The van der Waals surface area contributed by atoms with E-state index in [-0.39, 0.29) is 0 Å². The lowest BCUT2D eigenvalue weighted by Crippen LogP contribution is -2.21. The van der Waals surface area contributed by atoms with Gasteiger partial charge in [-0.3, -0.25) is 0 Å². The van der Waals surface area contributed by atoms with Crippen molar-refractivity contribution in [1.82, 2.24) is 10.3 Å². The van der Waals surface area contributed by atoms with Crippen molar-refractivity contribution in [2.75, 3.05) is 37.0 Å². The molecule has 0 aliphatic carbocycles. The highest BCUT2D eigenvalue weighted by atomic mass is 32.2. The number of nitrogens with one attached hydrogen (secondary N) is 1. The van der Waals surface area contributed by atoms with Gasteiger partial charge in [-0.25, -0.2) is 4.98 Å². The van der Waals surface area contributed by atoms with E-state index in [1.165, 1.54) is 12.2 Å². The summed E-state index contributed by atoms with van der Waals surface area (Å²) in [6.07, 6.45) is 3.35. The minimum absolute atomic E-state index is 0.850. The molecule has 0 aromatic carbocycles. The number of pyridine rings is 1. The first-order valence-corrected chi connectivity index (χ1v) is 7.54. The Morgan fingerprint density at radius 3 is 2.94 bits per heavy atom. The first kappa shape index (κ1) is 14.3. The summed E-state index contributed by atoms with van der Waals surface area (Å²) in [5.74, 6) is 2.28. The van der Waals surface area contributed by atoms with E-state index in [2.05, 4.69) is 53.6 Å². The highest BCUT2D eigenvalue weighted by Crippen LogP contribution is 2.10. The molecule has 0 aliphatic rings. The van der Waals surface area contributed by atoms with Crippen LogP contribution in [0.1, 0.15) is 19.0 Å². The number of nitrogens with zero attached hydrogens (tertiary/aromatic N) is 2. The SMILES string of the molecule is CCNCc1cccc(N(C)CCCSC)n1. The fourth-order valence-electron chi connectivity index (χ4n) is 1.59. The van der Waals surface area contributed by atoms with Gasteiger partial charge in [-0.1, -0.05) is 13.0 Å². The molecule has 0 saturated carbocycles. The number of hydrogen-bond donors (Lipinski definition) is 1. The van der Waals surface area contributed by atoms with Crippen molar-refractivity contribution in [3.63, 3.8) is 0 Å². The average Bonchev–Trinajstić information content (AvgIpc) is 2.37. The van der Waals surface area contributed by atoms with Gasteiger partial charge in [0.2, 0.25) is 0 Å². The van der Waals surface area contributed by atoms with Gasteiger partial charge in [-0.05, 0) is 37.1 Å². The molecule has 0 saturated heterocycles. The summed E-state index contributed by atoms with van der Waals surface area (Å²) in [7, 11) is 2.11. The smallest absolute Gasteiger partial charge is 0.128 e. The Labute approximate surface area is 109 Å². The zero-order chi connectivity index (χ0) is 12.5. The molecule has 17 heavy (non-hydrogen) atoms. The van der Waals surface area contributed by atoms with Crippen LogP contribution in [-0.2, 0) is 6.54 Å². The summed E-state index contributed by atoms with van der Waals surface area (Å²) in [6.45, 7) is 5.01. The third kappa shape index (κ3) is 5.41. The lowest BCUT2D eigenvalue weighted by molar-refractivity contribution is 0.708. The van der Waals surface area contributed by atoms with Crippen LogP contribution in [-0.4, -0.2) is 37.1 Å². The minimum atomic E-state index is 0.850. The van der Waals surface area contributed by atoms with Gasteiger partial charge < -0.3 is 10.2 Å². The molecule has 96 valence electrons. The first-order valence-electron chi connectivity index (χ1n) is 6.14. The summed E-state index contributed by atoms with van der Waals surface area (Å²) in [5, 5.41) is 3.30. The molecule has 1 heterocycles. The molecule has 3 nitrogen and oxygen atoms in total. The third-order valence-electron chi connectivity index (χ3n) is 2.58. The summed E-state index contributed by atoms with van der Waals surface area (Å²) in [6, 6.07) is 6.23. The number of aromatic nitrogens is 1. The Morgan fingerprint density at radius 1 is 1.41 bits per heavy atom. The molecule has 1 aromatic heterocycles. The quantitative estimate of drug-likeness (QED) is 0.720. The zero-order valence-electron chi connectivity index (χ0n) is 11.1. The molecule has 0 atom stereocenters. The Balaban J connectivity index is 2.51. The van der Waals surface area contributed by atoms with Gasteiger partial charge in [0.05, 0.1) is 5.69 Å². The van der Waals surface area contributed by atoms with Crippen LogP contribution in [0.2, 0.25) is 0 Å². The van der Waals surface area contributed by atoms with Crippen LogP contribution >= 0.6 is 11.8 Å². The Kier molecular flexibility index (Phi) is 7.05. The second kappa shape index (κ2) is 8.37. The van der Waals surface area contributed by atoms with Crippen molar-refractivity contribution < 1.29 is 0 Å². The van der Waals surface area contributed by atoms with Gasteiger partial charge in [-0.15, -0.1) is 0 Å². The molecule has 0 bridgehead atoms. The fourth-order valence-corrected chi connectivity index (χ4v) is 2.01. The minimum Gasteiger partial charge on any atom is -0.360 e. The maximum absolute atomic E-state index is 4.65. The topological polar surface area (TPSA) is 28.2 Å². The van der Waals surface area contributed by atoms with E-state index in [9.17, 15) is 0 Å². The zero-order valence-corrected chi connectivity index (χ0v) is 11.9. The maximum Gasteiger partial charge on any atom is 0.128 e. The van der Waals surface area contributed by atoms with Gasteiger partial charge in [0.1, 0.15) is 5.82 Å². The Hall–Kier alpha value is -0.740. The molecule has 0 aliphatic heterocycles. The van der Waals surface area contributed by atoms with Gasteiger partial charge in [0, 0.05) is 20.1 Å². The third-order valence-corrected chi connectivity index (χ3v) is 3.28. The lowest BCUT2D eigenvalue weighted by Gasteiger charge is -2.18. The van der Waals surface area contributed by atoms with Crippen molar-refractivity contribution in [3.8, 4) is 0 Å². The van der Waals surface area contributed by atoms with Crippen molar-refractivity contribution in [3.05, 3.63) is 23.9 Å². The monoisotopic (exact) mass is 253 g/mol. The van der Waals surface area contributed by atoms with Crippen molar-refractivity contribution >= 4 is 17.6 Å². The highest BCUT2D eigenvalue weighted by molar-refractivity contribution is 7.98. The van der Waals surface area contributed by atoms with E-state index in [0.717, 1.165) is 31.1 Å². The van der Waals surface area contributed by atoms with E-state index >= 15 is 0 Å². The van der Waals surface area contributed by atoms with Crippen molar-refractivity contribution in [1.29, 1.82) is 0 Å². The van der Waals surface area contributed by atoms with Crippen LogP contribution in [0.3, 0.4) is 0 Å². The number of rotatable bonds is 8. The number of anilines is 1. The molecule has 4 heteroatoms. The molecule has 0 radical (unpaired) electrons. The molecule has 0 spiro atoms. The molecule has 1 aromatic rings. The van der Waals surface area contributed by atoms with Crippen LogP contribution < -0.4 is 10.2 Å². The summed E-state index contributed by atoms with van der Waals surface area (Å²) in [5.41, 5.74) is 1.11. The average molecular weight is 253 g/mol. The summed E-state index contributed by atoms with van der Waals surface area (Å²) < 4.78 is 0. The second-order valence-electron chi connectivity index (χ2n) is 4.04. The van der Waals surface area contributed by atoms with Crippen LogP contribution in [0.15, 0.2) is 18.2 Å². The fraction of sp³-hybridized carbons (Fsp3) is 0.615. The number of thioether (sulfide) groups is 1. The van der Waals surface area contributed by atoms with Gasteiger partial charge >= 0.3 is 0 Å². The van der Waals surface area contributed by atoms with E-state index in [4.69, 9.17) is 0 Å². The van der Waals surface area contributed by atoms with Crippen LogP contribution in [0.5, 0.6) is 0 Å². The van der Waals surface area contributed by atoms with E-state index in [1.54, 1.807) is 0 Å². The molecule has 1 N–H and O–H groups in total. The van der Waals surface area contributed by atoms with E-state index in [0.29, 0.717) is 0 Å². The Morgan fingerprint density at radius 2 is 2.24 bits per heavy atom. The molecular formula is C13H23N3S. The van der Waals surface area contributed by atoms with Crippen molar-refractivity contribution in [2.24, 2.45) is 0 Å². The van der Waals surface area contributed by atoms with Gasteiger partial charge in [-0.2, -0.15) is 11.8 Å². The molecular weight excluding hydrogens is 230 g/mol. The second-order valence-corrected chi connectivity index (χ2v) is 5.02. The largest absolute Gasteiger partial charge is 0.360 e. The maximum atomic E-state index is 4.65. The Bertz CT molecular complexity index is 317. The number of hydrogen-bond acceptors (Lipinski definition) is 4. The van der Waals surface area contributed by atoms with Gasteiger partial charge in [0.15, 0.2) is 0 Å².